The molecule has 2 rings (SSSR count). The lowest BCUT2D eigenvalue weighted by atomic mass is 10.0. The number of amides is 1. The molecule has 23 heavy (non-hydrogen) atoms. The molecule has 124 valence electrons. The van der Waals surface area contributed by atoms with E-state index in [2.05, 4.69) is 29.4 Å². The minimum Gasteiger partial charge on any atom is -0.296 e. The topological polar surface area (TPSA) is 54.9 Å². The van der Waals surface area contributed by atoms with Gasteiger partial charge in [-0.15, -0.1) is 10.2 Å². The normalized spacial score (nSPS) is 12.2. The van der Waals surface area contributed by atoms with Gasteiger partial charge in [-0.2, -0.15) is 0 Å². The van der Waals surface area contributed by atoms with Crippen LogP contribution in [0.4, 0.5) is 5.13 Å². The largest absolute Gasteiger partial charge is 0.296 e. The molecule has 0 bridgehead atoms. The molecule has 7 heteroatoms. The Morgan fingerprint density at radius 3 is 2.74 bits per heavy atom. The number of aromatic nitrogens is 2. The maximum atomic E-state index is 12.3. The second-order valence-electron chi connectivity index (χ2n) is 5.27. The number of unbranched alkanes of at least 4 members (excludes halogenated alkanes) is 1. The van der Waals surface area contributed by atoms with Gasteiger partial charge in [0.15, 0.2) is 0 Å². The Bertz CT molecular complexity index is 675. The zero-order valence-electron chi connectivity index (χ0n) is 13.1. The summed E-state index contributed by atoms with van der Waals surface area (Å²) in [4.78, 5) is 12.3. The SMILES string of the molecule is CCCCC(CC)c1nnc(NC(=O)c2ccc(Cl)cc2Cl)s1. The van der Waals surface area contributed by atoms with E-state index in [9.17, 15) is 4.79 Å². The quantitative estimate of drug-likeness (QED) is 0.670. The van der Waals surface area contributed by atoms with Crippen LogP contribution in [0.2, 0.25) is 10.0 Å². The van der Waals surface area contributed by atoms with Gasteiger partial charge in [-0.3, -0.25) is 10.1 Å². The summed E-state index contributed by atoms with van der Waals surface area (Å²) in [5.74, 6) is 0.0909. The van der Waals surface area contributed by atoms with Gasteiger partial charge in [0.05, 0.1) is 10.6 Å². The van der Waals surface area contributed by atoms with Crippen LogP contribution in [0.5, 0.6) is 0 Å². The van der Waals surface area contributed by atoms with Crippen molar-refractivity contribution in [2.45, 2.75) is 45.4 Å². The third kappa shape index (κ3) is 4.90. The van der Waals surface area contributed by atoms with Crippen LogP contribution >= 0.6 is 34.5 Å². The van der Waals surface area contributed by atoms with Gasteiger partial charge in [0.25, 0.3) is 5.91 Å². The van der Waals surface area contributed by atoms with Crippen LogP contribution in [0.1, 0.15) is 60.8 Å². The van der Waals surface area contributed by atoms with E-state index in [0.29, 0.717) is 26.7 Å². The van der Waals surface area contributed by atoms with Crippen molar-refractivity contribution >= 4 is 45.6 Å². The molecule has 0 fully saturated rings. The van der Waals surface area contributed by atoms with Gasteiger partial charge in [-0.1, -0.05) is 61.2 Å². The second-order valence-corrected chi connectivity index (χ2v) is 7.12. The molecule has 0 aliphatic carbocycles. The van der Waals surface area contributed by atoms with E-state index >= 15 is 0 Å². The predicted molar refractivity (Wildman–Crippen MR) is 96.9 cm³/mol. The molecular formula is C16H19Cl2N3OS. The molecule has 1 atom stereocenters. The summed E-state index contributed by atoms with van der Waals surface area (Å²) in [6, 6.07) is 4.77. The predicted octanol–water partition coefficient (Wildman–Crippen LogP) is 5.78. The van der Waals surface area contributed by atoms with Crippen molar-refractivity contribution in [3.63, 3.8) is 0 Å². The molecule has 0 radical (unpaired) electrons. The first-order valence-corrected chi connectivity index (χ1v) is 9.22. The van der Waals surface area contributed by atoms with Gasteiger partial charge in [-0.25, -0.2) is 0 Å². The van der Waals surface area contributed by atoms with E-state index < -0.39 is 0 Å². The summed E-state index contributed by atoms with van der Waals surface area (Å²) < 4.78 is 0. The highest BCUT2D eigenvalue weighted by Gasteiger charge is 2.17. The van der Waals surface area contributed by atoms with Crippen LogP contribution in [-0.2, 0) is 0 Å². The first kappa shape index (κ1) is 18.2. The molecular weight excluding hydrogens is 353 g/mol. The van der Waals surface area contributed by atoms with Gasteiger partial charge >= 0.3 is 0 Å². The average Bonchev–Trinajstić information content (AvgIpc) is 2.96. The molecule has 0 aliphatic rings. The molecule has 0 saturated carbocycles. The third-order valence-electron chi connectivity index (χ3n) is 3.59. The molecule has 1 aromatic heterocycles. The molecule has 1 unspecified atom stereocenters. The van der Waals surface area contributed by atoms with E-state index in [1.165, 1.54) is 17.8 Å². The van der Waals surface area contributed by atoms with Gasteiger partial charge in [0.1, 0.15) is 5.01 Å². The van der Waals surface area contributed by atoms with Gasteiger partial charge < -0.3 is 0 Å². The van der Waals surface area contributed by atoms with Gasteiger partial charge in [0.2, 0.25) is 5.13 Å². The van der Waals surface area contributed by atoms with E-state index in [1.807, 2.05) is 0 Å². The maximum absolute atomic E-state index is 12.3. The molecule has 1 N–H and O–H groups in total. The molecule has 1 heterocycles. The minimum atomic E-state index is -0.309. The lowest BCUT2D eigenvalue weighted by Gasteiger charge is -2.09. The summed E-state index contributed by atoms with van der Waals surface area (Å²) in [5, 5.41) is 13.3. The van der Waals surface area contributed by atoms with Crippen LogP contribution in [0.25, 0.3) is 0 Å². The van der Waals surface area contributed by atoms with Crippen LogP contribution in [0.15, 0.2) is 18.2 Å². The number of nitrogens with one attached hydrogen (secondary N) is 1. The number of hydrogen-bond acceptors (Lipinski definition) is 4. The highest BCUT2D eigenvalue weighted by Crippen LogP contribution is 2.30. The lowest BCUT2D eigenvalue weighted by molar-refractivity contribution is 0.102. The Kier molecular flexibility index (Phi) is 6.81. The average molecular weight is 372 g/mol. The molecule has 2 aromatic rings. The summed E-state index contributed by atoms with van der Waals surface area (Å²) in [6.45, 7) is 4.32. The fourth-order valence-corrected chi connectivity index (χ4v) is 3.69. The fourth-order valence-electron chi connectivity index (χ4n) is 2.24. The van der Waals surface area contributed by atoms with Crippen molar-refractivity contribution in [2.24, 2.45) is 0 Å². The zero-order valence-corrected chi connectivity index (χ0v) is 15.4. The Hall–Kier alpha value is -1.17. The number of anilines is 1. The van der Waals surface area contributed by atoms with Crippen molar-refractivity contribution in [3.05, 3.63) is 38.8 Å². The van der Waals surface area contributed by atoms with E-state index in [4.69, 9.17) is 23.2 Å². The number of carbonyl (C=O) groups excluding carboxylic acids is 1. The van der Waals surface area contributed by atoms with Crippen LogP contribution in [-0.4, -0.2) is 16.1 Å². The molecule has 0 spiro atoms. The number of carbonyl (C=O) groups is 1. The van der Waals surface area contributed by atoms with Crippen LogP contribution < -0.4 is 5.32 Å². The number of benzene rings is 1. The smallest absolute Gasteiger partial charge is 0.259 e. The number of rotatable bonds is 7. The summed E-state index contributed by atoms with van der Waals surface area (Å²) in [6.07, 6.45) is 4.44. The Morgan fingerprint density at radius 2 is 2.09 bits per heavy atom. The Labute approximate surface area is 150 Å². The van der Waals surface area contributed by atoms with Crippen LogP contribution in [0.3, 0.4) is 0 Å². The van der Waals surface area contributed by atoms with Crippen molar-refractivity contribution < 1.29 is 4.79 Å². The van der Waals surface area contributed by atoms with Crippen molar-refractivity contribution in [1.82, 2.24) is 10.2 Å². The van der Waals surface area contributed by atoms with E-state index in [1.54, 1.807) is 18.2 Å². The lowest BCUT2D eigenvalue weighted by Crippen LogP contribution is -2.12. The highest BCUT2D eigenvalue weighted by molar-refractivity contribution is 7.15. The summed E-state index contributed by atoms with van der Waals surface area (Å²) in [7, 11) is 0. The van der Waals surface area contributed by atoms with Gasteiger partial charge in [0, 0.05) is 10.9 Å². The molecule has 0 aliphatic heterocycles. The van der Waals surface area contributed by atoms with Crippen LogP contribution in [0, 0.1) is 0 Å². The second kappa shape index (κ2) is 8.62. The molecule has 1 aromatic carbocycles. The highest BCUT2D eigenvalue weighted by atomic mass is 35.5. The number of nitrogens with zero attached hydrogens (tertiary/aromatic N) is 2. The third-order valence-corrected chi connectivity index (χ3v) is 5.13. The molecule has 4 nitrogen and oxygen atoms in total. The molecule has 1 amide bonds. The van der Waals surface area contributed by atoms with E-state index in [-0.39, 0.29) is 5.91 Å². The van der Waals surface area contributed by atoms with Gasteiger partial charge in [-0.05, 0) is 31.0 Å². The zero-order chi connectivity index (χ0) is 16.8. The fraction of sp³-hybridized carbons (Fsp3) is 0.438. The Morgan fingerprint density at radius 1 is 1.30 bits per heavy atom. The summed E-state index contributed by atoms with van der Waals surface area (Å²) in [5.41, 5.74) is 0.367. The number of hydrogen-bond donors (Lipinski definition) is 1. The standard InChI is InChI=1S/C16H19Cl2N3OS/c1-3-5-6-10(4-2)15-20-21-16(23-15)19-14(22)12-8-7-11(17)9-13(12)18/h7-10H,3-6H2,1-2H3,(H,19,21,22). The van der Waals surface area contributed by atoms with E-state index in [0.717, 1.165) is 24.3 Å². The van der Waals surface area contributed by atoms with Crippen molar-refractivity contribution in [1.29, 1.82) is 0 Å². The monoisotopic (exact) mass is 371 g/mol. The first-order chi connectivity index (χ1) is 11.0. The minimum absolute atomic E-state index is 0.309. The van der Waals surface area contributed by atoms with Crippen molar-refractivity contribution in [3.8, 4) is 0 Å². The molecule has 0 saturated heterocycles. The van der Waals surface area contributed by atoms with Crippen molar-refractivity contribution in [2.75, 3.05) is 5.32 Å². The first-order valence-electron chi connectivity index (χ1n) is 7.64. The Balaban J connectivity index is 2.07. The summed E-state index contributed by atoms with van der Waals surface area (Å²) >= 11 is 13.3. The maximum Gasteiger partial charge on any atom is 0.259 e. The number of halogens is 2.